The van der Waals surface area contributed by atoms with Gasteiger partial charge in [-0.2, -0.15) is 0 Å². The second-order valence-electron chi connectivity index (χ2n) is 4.42. The van der Waals surface area contributed by atoms with Crippen LogP contribution >= 0.6 is 0 Å². The van der Waals surface area contributed by atoms with Gasteiger partial charge >= 0.3 is 0 Å². The summed E-state index contributed by atoms with van der Waals surface area (Å²) in [5.74, 6) is 1.35. The van der Waals surface area contributed by atoms with Gasteiger partial charge in [-0.25, -0.2) is 4.98 Å². The largest absolute Gasteiger partial charge is 0.484 e. The fourth-order valence-electron chi connectivity index (χ4n) is 1.76. The van der Waals surface area contributed by atoms with Gasteiger partial charge in [0.2, 0.25) is 0 Å². The Morgan fingerprint density at radius 3 is 3.05 bits per heavy atom. The number of benzene rings is 1. The average molecular weight is 274 g/mol. The van der Waals surface area contributed by atoms with Crippen LogP contribution < -0.4 is 15.8 Å². The molecule has 1 aromatic heterocycles. The van der Waals surface area contributed by atoms with Crippen LogP contribution in [0.4, 0.5) is 5.69 Å². The Bertz CT molecular complexity index is 580. The molecule has 0 aliphatic carbocycles. The fraction of sp³-hybridized carbons (Fsp3) is 0.286. The molecule has 6 nitrogen and oxygen atoms in total. The van der Waals surface area contributed by atoms with Gasteiger partial charge in [0.1, 0.15) is 11.6 Å². The van der Waals surface area contributed by atoms with E-state index in [1.807, 2.05) is 17.8 Å². The van der Waals surface area contributed by atoms with Crippen LogP contribution in [0.15, 0.2) is 36.7 Å². The monoisotopic (exact) mass is 274 g/mol. The zero-order chi connectivity index (χ0) is 14.4. The van der Waals surface area contributed by atoms with Crippen molar-refractivity contribution in [3.63, 3.8) is 0 Å². The minimum atomic E-state index is -0.165. The molecule has 0 saturated heterocycles. The number of ether oxygens (including phenoxy) is 1. The summed E-state index contributed by atoms with van der Waals surface area (Å²) in [5, 5.41) is 2.78. The van der Waals surface area contributed by atoms with Crippen molar-refractivity contribution in [2.75, 3.05) is 18.9 Å². The molecule has 2 aromatic rings. The minimum absolute atomic E-state index is 0.0238. The molecule has 20 heavy (non-hydrogen) atoms. The summed E-state index contributed by atoms with van der Waals surface area (Å²) in [6.45, 7) is 0.508. The number of hydrogen-bond donors (Lipinski definition) is 2. The van der Waals surface area contributed by atoms with Crippen molar-refractivity contribution in [3.05, 3.63) is 42.5 Å². The van der Waals surface area contributed by atoms with E-state index in [2.05, 4.69) is 10.3 Å². The lowest BCUT2D eigenvalue weighted by molar-refractivity contribution is -0.123. The fourth-order valence-corrected chi connectivity index (χ4v) is 1.76. The summed E-state index contributed by atoms with van der Waals surface area (Å²) >= 11 is 0. The Hall–Kier alpha value is -2.50. The molecule has 0 aliphatic heterocycles. The van der Waals surface area contributed by atoms with E-state index in [1.165, 1.54) is 0 Å². The second kappa shape index (κ2) is 6.60. The summed E-state index contributed by atoms with van der Waals surface area (Å²) in [6, 6.07) is 6.99. The van der Waals surface area contributed by atoms with Crippen LogP contribution in [0.25, 0.3) is 0 Å². The van der Waals surface area contributed by atoms with Gasteiger partial charge in [0.25, 0.3) is 5.91 Å². The number of hydrogen-bond acceptors (Lipinski definition) is 4. The maximum absolute atomic E-state index is 11.6. The highest BCUT2D eigenvalue weighted by Gasteiger charge is 2.04. The van der Waals surface area contributed by atoms with Gasteiger partial charge in [-0.15, -0.1) is 0 Å². The second-order valence-corrected chi connectivity index (χ2v) is 4.42. The molecule has 0 aliphatic rings. The van der Waals surface area contributed by atoms with Gasteiger partial charge < -0.3 is 20.4 Å². The first kappa shape index (κ1) is 13.9. The summed E-state index contributed by atoms with van der Waals surface area (Å²) in [7, 11) is 1.92. The van der Waals surface area contributed by atoms with Gasteiger partial charge in [0.05, 0.1) is 0 Å². The number of nitrogens with zero attached hydrogens (tertiary/aromatic N) is 2. The Morgan fingerprint density at radius 1 is 1.50 bits per heavy atom. The van der Waals surface area contributed by atoms with Crippen LogP contribution in [0.3, 0.4) is 0 Å². The minimum Gasteiger partial charge on any atom is -0.484 e. The van der Waals surface area contributed by atoms with Gasteiger partial charge in [-0.05, 0) is 12.1 Å². The molecule has 0 saturated carbocycles. The van der Waals surface area contributed by atoms with E-state index in [4.69, 9.17) is 10.5 Å². The standard InChI is InChI=1S/C14H18N4O2/c1-18-8-7-16-13(18)5-6-17-14(19)10-20-12-4-2-3-11(15)9-12/h2-4,7-9H,5-6,10,15H2,1H3,(H,17,19). The third-order valence-electron chi connectivity index (χ3n) is 2.82. The van der Waals surface area contributed by atoms with E-state index in [1.54, 1.807) is 30.5 Å². The third kappa shape index (κ3) is 4.01. The number of nitrogens with two attached hydrogens (primary N) is 1. The van der Waals surface area contributed by atoms with Crippen LogP contribution in [0.2, 0.25) is 0 Å². The van der Waals surface area contributed by atoms with E-state index >= 15 is 0 Å². The lowest BCUT2D eigenvalue weighted by atomic mass is 10.3. The first-order valence-electron chi connectivity index (χ1n) is 6.36. The molecule has 0 unspecified atom stereocenters. The third-order valence-corrected chi connectivity index (χ3v) is 2.82. The number of anilines is 1. The number of carbonyl (C=O) groups excluding carboxylic acids is 1. The van der Waals surface area contributed by atoms with Crippen molar-refractivity contribution in [2.45, 2.75) is 6.42 Å². The number of nitrogens with one attached hydrogen (secondary N) is 1. The molecule has 0 fully saturated rings. The highest BCUT2D eigenvalue weighted by molar-refractivity contribution is 5.77. The van der Waals surface area contributed by atoms with Gasteiger partial charge in [-0.1, -0.05) is 6.07 Å². The summed E-state index contributed by atoms with van der Waals surface area (Å²) < 4.78 is 7.27. The molecule has 0 radical (unpaired) electrons. The number of imidazole rings is 1. The molecule has 106 valence electrons. The van der Waals surface area contributed by atoms with Crippen molar-refractivity contribution in [1.82, 2.24) is 14.9 Å². The average Bonchev–Trinajstić information content (AvgIpc) is 2.82. The molecule has 0 atom stereocenters. The molecular formula is C14H18N4O2. The van der Waals surface area contributed by atoms with Crippen LogP contribution in [0.5, 0.6) is 5.75 Å². The van der Waals surface area contributed by atoms with Crippen LogP contribution in [0, 0.1) is 0 Å². The van der Waals surface area contributed by atoms with Crippen LogP contribution in [-0.4, -0.2) is 28.6 Å². The van der Waals surface area contributed by atoms with E-state index < -0.39 is 0 Å². The molecule has 0 spiro atoms. The smallest absolute Gasteiger partial charge is 0.257 e. The van der Waals surface area contributed by atoms with Crippen molar-refractivity contribution in [2.24, 2.45) is 7.05 Å². The normalized spacial score (nSPS) is 10.2. The molecule has 0 bridgehead atoms. The van der Waals surface area contributed by atoms with E-state index in [9.17, 15) is 4.79 Å². The number of amides is 1. The number of aryl methyl sites for hydroxylation is 1. The molecule has 3 N–H and O–H groups in total. The molecular weight excluding hydrogens is 256 g/mol. The highest BCUT2D eigenvalue weighted by Crippen LogP contribution is 2.13. The van der Waals surface area contributed by atoms with Crippen molar-refractivity contribution in [1.29, 1.82) is 0 Å². The number of nitrogen functional groups attached to an aromatic ring is 1. The predicted octanol–water partition coefficient (Wildman–Crippen LogP) is 0.740. The topological polar surface area (TPSA) is 82.2 Å². The van der Waals surface area contributed by atoms with Crippen molar-refractivity contribution < 1.29 is 9.53 Å². The summed E-state index contributed by atoms with van der Waals surface area (Å²) in [4.78, 5) is 15.8. The Kier molecular flexibility index (Phi) is 4.60. The Morgan fingerprint density at radius 2 is 2.35 bits per heavy atom. The summed E-state index contributed by atoms with van der Waals surface area (Å²) in [6.07, 6.45) is 4.30. The Labute approximate surface area is 117 Å². The first-order chi connectivity index (χ1) is 9.65. The molecule has 6 heteroatoms. The maximum Gasteiger partial charge on any atom is 0.257 e. The Balaban J connectivity index is 1.69. The number of rotatable bonds is 6. The predicted molar refractivity (Wildman–Crippen MR) is 76.3 cm³/mol. The van der Waals surface area contributed by atoms with Gasteiger partial charge in [0.15, 0.2) is 6.61 Å². The zero-order valence-corrected chi connectivity index (χ0v) is 11.4. The lowest BCUT2D eigenvalue weighted by Gasteiger charge is -2.08. The van der Waals surface area contributed by atoms with E-state index in [0.717, 1.165) is 5.82 Å². The summed E-state index contributed by atoms with van der Waals surface area (Å²) in [5.41, 5.74) is 6.23. The SMILES string of the molecule is Cn1ccnc1CCNC(=O)COc1cccc(N)c1. The van der Waals surface area contributed by atoms with E-state index in [0.29, 0.717) is 24.4 Å². The van der Waals surface area contributed by atoms with Crippen LogP contribution in [0.1, 0.15) is 5.82 Å². The van der Waals surface area contributed by atoms with Crippen LogP contribution in [-0.2, 0) is 18.3 Å². The van der Waals surface area contributed by atoms with Crippen molar-refractivity contribution in [3.8, 4) is 5.75 Å². The molecule has 2 rings (SSSR count). The van der Waals surface area contributed by atoms with E-state index in [-0.39, 0.29) is 12.5 Å². The quantitative estimate of drug-likeness (QED) is 0.761. The van der Waals surface area contributed by atoms with Crippen molar-refractivity contribution >= 4 is 11.6 Å². The molecule has 1 amide bonds. The number of carbonyl (C=O) groups is 1. The zero-order valence-electron chi connectivity index (χ0n) is 11.4. The molecule has 1 heterocycles. The van der Waals surface area contributed by atoms with Gasteiger partial charge in [0, 0.05) is 44.2 Å². The first-order valence-corrected chi connectivity index (χ1v) is 6.36. The molecule has 1 aromatic carbocycles. The number of aromatic nitrogens is 2. The lowest BCUT2D eigenvalue weighted by Crippen LogP contribution is -2.31. The van der Waals surface area contributed by atoms with Gasteiger partial charge in [-0.3, -0.25) is 4.79 Å². The maximum atomic E-state index is 11.6. The highest BCUT2D eigenvalue weighted by atomic mass is 16.5.